The maximum Gasteiger partial charge on any atom is 0.0767 e. The summed E-state index contributed by atoms with van der Waals surface area (Å²) in [6.07, 6.45) is 0.932. The first-order valence-corrected chi connectivity index (χ1v) is 7.56. The smallest absolute Gasteiger partial charge is 0.0767 e. The Labute approximate surface area is 127 Å². The first kappa shape index (κ1) is 14.4. The molecule has 1 N–H and O–H groups in total. The van der Waals surface area contributed by atoms with Crippen molar-refractivity contribution in [2.24, 2.45) is 0 Å². The molecular formula is C14H17BrClN3. The monoisotopic (exact) mass is 341 g/mol. The van der Waals surface area contributed by atoms with Gasteiger partial charge in [-0.15, -0.1) is 0 Å². The van der Waals surface area contributed by atoms with Crippen molar-refractivity contribution in [2.75, 3.05) is 5.32 Å². The van der Waals surface area contributed by atoms with E-state index in [0.29, 0.717) is 0 Å². The Morgan fingerprint density at radius 1 is 1.26 bits per heavy atom. The quantitative estimate of drug-likeness (QED) is 0.867. The van der Waals surface area contributed by atoms with Crippen molar-refractivity contribution in [1.82, 2.24) is 9.78 Å². The van der Waals surface area contributed by atoms with Crippen molar-refractivity contribution >= 4 is 33.2 Å². The number of anilines is 1. The van der Waals surface area contributed by atoms with Crippen LogP contribution in [-0.4, -0.2) is 9.78 Å². The van der Waals surface area contributed by atoms with Gasteiger partial charge in [-0.1, -0.05) is 18.5 Å². The molecule has 3 nitrogen and oxygen atoms in total. The van der Waals surface area contributed by atoms with Crippen molar-refractivity contribution < 1.29 is 0 Å². The lowest BCUT2D eigenvalue weighted by molar-refractivity contribution is 0.619. The molecule has 0 amide bonds. The molecule has 0 aliphatic carbocycles. The molecule has 19 heavy (non-hydrogen) atoms. The van der Waals surface area contributed by atoms with Gasteiger partial charge in [-0.3, -0.25) is 4.68 Å². The van der Waals surface area contributed by atoms with Gasteiger partial charge in [-0.05, 0) is 53.5 Å². The fraction of sp³-hybridized carbons (Fsp3) is 0.357. The first-order chi connectivity index (χ1) is 9.15. The van der Waals surface area contributed by atoms with Crippen LogP contribution in [-0.2, 0) is 19.5 Å². The molecule has 0 fully saturated rings. The van der Waals surface area contributed by atoms with E-state index >= 15 is 0 Å². The molecule has 1 aromatic carbocycles. The lowest BCUT2D eigenvalue weighted by Gasteiger charge is -2.08. The van der Waals surface area contributed by atoms with E-state index in [4.69, 9.17) is 11.6 Å². The van der Waals surface area contributed by atoms with Gasteiger partial charge in [0.2, 0.25) is 0 Å². The van der Waals surface area contributed by atoms with Crippen molar-refractivity contribution in [3.8, 4) is 0 Å². The van der Waals surface area contributed by atoms with Crippen LogP contribution in [0.4, 0.5) is 5.69 Å². The second kappa shape index (κ2) is 6.44. The summed E-state index contributed by atoms with van der Waals surface area (Å²) in [5, 5.41) is 8.72. The van der Waals surface area contributed by atoms with E-state index in [0.717, 1.165) is 40.4 Å². The van der Waals surface area contributed by atoms with Crippen LogP contribution in [0.25, 0.3) is 0 Å². The van der Waals surface area contributed by atoms with Crippen molar-refractivity contribution in [3.63, 3.8) is 0 Å². The second-order valence-electron chi connectivity index (χ2n) is 4.24. The van der Waals surface area contributed by atoms with Gasteiger partial charge < -0.3 is 5.32 Å². The Kier molecular flexibility index (Phi) is 4.88. The summed E-state index contributed by atoms with van der Waals surface area (Å²) in [6.45, 7) is 5.83. The predicted octanol–water partition coefficient (Wildman–Crippen LogP) is 4.49. The molecule has 0 saturated carbocycles. The maximum atomic E-state index is 5.87. The van der Waals surface area contributed by atoms with Crippen LogP contribution in [0, 0.1) is 0 Å². The molecule has 0 saturated heterocycles. The molecule has 0 aliphatic rings. The Bertz CT molecular complexity index is 549. The highest BCUT2D eigenvalue weighted by atomic mass is 79.9. The number of nitrogens with one attached hydrogen (secondary N) is 1. The fourth-order valence-corrected chi connectivity index (χ4v) is 2.77. The number of rotatable bonds is 5. The lowest BCUT2D eigenvalue weighted by Crippen LogP contribution is -2.08. The Balaban J connectivity index is 2.14. The highest BCUT2D eigenvalue weighted by Crippen LogP contribution is 2.23. The number of hydrogen-bond donors (Lipinski definition) is 1. The molecule has 0 atom stereocenters. The van der Waals surface area contributed by atoms with Gasteiger partial charge in [0.25, 0.3) is 0 Å². The summed E-state index contributed by atoms with van der Waals surface area (Å²) in [5.41, 5.74) is 3.34. The average molecular weight is 343 g/mol. The van der Waals surface area contributed by atoms with Gasteiger partial charge in [-0.2, -0.15) is 5.10 Å². The summed E-state index contributed by atoms with van der Waals surface area (Å²) in [7, 11) is 0. The molecule has 0 radical (unpaired) electrons. The molecule has 2 rings (SSSR count). The molecule has 1 aromatic heterocycles. The van der Waals surface area contributed by atoms with E-state index < -0.39 is 0 Å². The number of aryl methyl sites for hydroxylation is 2. The van der Waals surface area contributed by atoms with Crippen LogP contribution in [0.1, 0.15) is 25.2 Å². The molecule has 1 heterocycles. The van der Waals surface area contributed by atoms with Gasteiger partial charge in [0, 0.05) is 17.3 Å². The SMILES string of the molecule is CCc1nn(CC)c(CNc2ccc(Cl)cc2)c1Br. The number of hydrogen-bond acceptors (Lipinski definition) is 2. The van der Waals surface area contributed by atoms with E-state index in [-0.39, 0.29) is 0 Å². The standard InChI is InChI=1S/C14H17BrClN3/c1-3-12-14(15)13(19(4-2)18-12)9-17-11-7-5-10(16)6-8-11/h5-8,17H,3-4,9H2,1-2H3. The molecular weight excluding hydrogens is 326 g/mol. The Hall–Kier alpha value is -1.000. The zero-order valence-electron chi connectivity index (χ0n) is 11.1. The predicted molar refractivity (Wildman–Crippen MR) is 83.8 cm³/mol. The summed E-state index contributed by atoms with van der Waals surface area (Å²) >= 11 is 9.52. The van der Waals surface area contributed by atoms with Gasteiger partial charge in [0.05, 0.1) is 22.4 Å². The van der Waals surface area contributed by atoms with Gasteiger partial charge in [0.1, 0.15) is 0 Å². The molecule has 5 heteroatoms. The second-order valence-corrected chi connectivity index (χ2v) is 5.47. The minimum atomic E-state index is 0.739. The van der Waals surface area contributed by atoms with E-state index in [9.17, 15) is 0 Å². The fourth-order valence-electron chi connectivity index (χ4n) is 1.94. The number of halogens is 2. The Morgan fingerprint density at radius 2 is 1.95 bits per heavy atom. The Morgan fingerprint density at radius 3 is 2.53 bits per heavy atom. The van der Waals surface area contributed by atoms with Crippen LogP contribution >= 0.6 is 27.5 Å². The summed E-state index contributed by atoms with van der Waals surface area (Å²) in [5.74, 6) is 0. The van der Waals surface area contributed by atoms with Crippen molar-refractivity contribution in [1.29, 1.82) is 0 Å². The normalized spacial score (nSPS) is 10.7. The third-order valence-corrected chi connectivity index (χ3v) is 4.17. The largest absolute Gasteiger partial charge is 0.379 e. The zero-order chi connectivity index (χ0) is 13.8. The van der Waals surface area contributed by atoms with Crippen molar-refractivity contribution in [3.05, 3.63) is 45.1 Å². The molecule has 0 unspecified atom stereocenters. The lowest BCUT2D eigenvalue weighted by atomic mass is 10.3. The summed E-state index contributed by atoms with van der Waals surface area (Å²) < 4.78 is 3.14. The molecule has 2 aromatic rings. The first-order valence-electron chi connectivity index (χ1n) is 6.39. The average Bonchev–Trinajstić information content (AvgIpc) is 2.74. The molecule has 0 aliphatic heterocycles. The van der Waals surface area contributed by atoms with E-state index in [1.54, 1.807) is 0 Å². The van der Waals surface area contributed by atoms with Crippen LogP contribution in [0.5, 0.6) is 0 Å². The van der Waals surface area contributed by atoms with E-state index in [2.05, 4.69) is 40.2 Å². The number of aromatic nitrogens is 2. The van der Waals surface area contributed by atoms with Crippen molar-refractivity contribution in [2.45, 2.75) is 33.4 Å². The van der Waals surface area contributed by atoms with Crippen LogP contribution in [0.3, 0.4) is 0 Å². The maximum absolute atomic E-state index is 5.87. The number of nitrogens with zero attached hydrogens (tertiary/aromatic N) is 2. The van der Waals surface area contributed by atoms with Gasteiger partial charge >= 0.3 is 0 Å². The van der Waals surface area contributed by atoms with E-state index in [1.807, 2.05) is 28.9 Å². The minimum Gasteiger partial charge on any atom is -0.379 e. The van der Waals surface area contributed by atoms with Crippen LogP contribution in [0.2, 0.25) is 5.02 Å². The number of benzene rings is 1. The molecule has 0 spiro atoms. The van der Waals surface area contributed by atoms with Crippen LogP contribution in [0.15, 0.2) is 28.7 Å². The third-order valence-electron chi connectivity index (χ3n) is 3.00. The summed E-state index contributed by atoms with van der Waals surface area (Å²) in [6, 6.07) is 7.72. The zero-order valence-corrected chi connectivity index (χ0v) is 13.4. The highest BCUT2D eigenvalue weighted by Gasteiger charge is 2.13. The van der Waals surface area contributed by atoms with Crippen LogP contribution < -0.4 is 5.32 Å². The minimum absolute atomic E-state index is 0.739. The molecule has 102 valence electrons. The van der Waals surface area contributed by atoms with Gasteiger partial charge in [-0.25, -0.2) is 0 Å². The van der Waals surface area contributed by atoms with E-state index in [1.165, 1.54) is 5.69 Å². The third kappa shape index (κ3) is 3.31. The highest BCUT2D eigenvalue weighted by molar-refractivity contribution is 9.10. The summed E-state index contributed by atoms with van der Waals surface area (Å²) in [4.78, 5) is 0. The van der Waals surface area contributed by atoms with Gasteiger partial charge in [0.15, 0.2) is 0 Å². The molecule has 0 bridgehead atoms. The topological polar surface area (TPSA) is 29.9 Å².